The van der Waals surface area contributed by atoms with Crippen LogP contribution in [-0.2, 0) is 14.3 Å². The molecule has 0 saturated carbocycles. The Labute approximate surface area is 91.6 Å². The highest BCUT2D eigenvalue weighted by atomic mass is 16.5. The maximum Gasteiger partial charge on any atom is 0.305 e. The smallest absolute Gasteiger partial charge is 0.305 e. The molecule has 0 amide bonds. The topological polar surface area (TPSA) is 46.6 Å². The molecule has 0 aromatic heterocycles. The zero-order chi connectivity index (χ0) is 11.8. The predicted molar refractivity (Wildman–Crippen MR) is 58.6 cm³/mol. The van der Waals surface area contributed by atoms with Crippen molar-refractivity contribution in [2.75, 3.05) is 20.7 Å². The van der Waals surface area contributed by atoms with Crippen molar-refractivity contribution in [1.82, 2.24) is 4.90 Å². The minimum atomic E-state index is -0.199. The summed E-state index contributed by atoms with van der Waals surface area (Å²) in [5.41, 5.74) is 0. The first kappa shape index (κ1) is 14.1. The molecule has 15 heavy (non-hydrogen) atoms. The van der Waals surface area contributed by atoms with Crippen LogP contribution in [0.15, 0.2) is 0 Å². The van der Waals surface area contributed by atoms with Gasteiger partial charge in [-0.25, -0.2) is 0 Å². The van der Waals surface area contributed by atoms with Crippen molar-refractivity contribution in [3.05, 3.63) is 0 Å². The Hall–Kier alpha value is -0.900. The molecule has 0 rings (SSSR count). The second-order valence-corrected chi connectivity index (χ2v) is 4.03. The number of rotatable bonds is 7. The second-order valence-electron chi connectivity index (χ2n) is 4.03. The van der Waals surface area contributed by atoms with Gasteiger partial charge in [-0.3, -0.25) is 9.69 Å². The van der Waals surface area contributed by atoms with E-state index in [1.165, 1.54) is 7.11 Å². The number of ether oxygens (including phenoxy) is 1. The van der Waals surface area contributed by atoms with Crippen molar-refractivity contribution in [3.63, 3.8) is 0 Å². The highest BCUT2D eigenvalue weighted by Gasteiger charge is 2.17. The summed E-state index contributed by atoms with van der Waals surface area (Å²) in [5.74, 6) is 0.0984. The number of likely N-dealkylation sites (N-methyl/N-ethyl adjacent to an activating group) is 1. The Kier molecular flexibility index (Phi) is 6.96. The van der Waals surface area contributed by atoms with E-state index in [0.717, 1.165) is 19.3 Å². The highest BCUT2D eigenvalue weighted by Crippen LogP contribution is 2.07. The van der Waals surface area contributed by atoms with Gasteiger partial charge in [-0.15, -0.1) is 0 Å². The minimum absolute atomic E-state index is 0.0670. The lowest BCUT2D eigenvalue weighted by Crippen LogP contribution is -2.37. The van der Waals surface area contributed by atoms with Gasteiger partial charge >= 0.3 is 5.97 Å². The quantitative estimate of drug-likeness (QED) is 0.471. The van der Waals surface area contributed by atoms with Gasteiger partial charge in [0.25, 0.3) is 0 Å². The summed E-state index contributed by atoms with van der Waals surface area (Å²) in [7, 11) is 3.28. The van der Waals surface area contributed by atoms with Crippen molar-refractivity contribution in [2.45, 2.75) is 32.7 Å². The van der Waals surface area contributed by atoms with Crippen molar-refractivity contribution < 1.29 is 14.3 Å². The maximum absolute atomic E-state index is 10.9. The van der Waals surface area contributed by atoms with Gasteiger partial charge in [0, 0.05) is 6.42 Å². The lowest BCUT2D eigenvalue weighted by Gasteiger charge is -2.26. The van der Waals surface area contributed by atoms with Gasteiger partial charge in [-0.1, -0.05) is 13.8 Å². The maximum atomic E-state index is 10.9. The van der Waals surface area contributed by atoms with E-state index >= 15 is 0 Å². The molecular weight excluding hydrogens is 194 g/mol. The molecule has 4 nitrogen and oxygen atoms in total. The van der Waals surface area contributed by atoms with Gasteiger partial charge in [-0.2, -0.15) is 0 Å². The van der Waals surface area contributed by atoms with Crippen LogP contribution in [0.3, 0.4) is 0 Å². The average molecular weight is 215 g/mol. The van der Waals surface area contributed by atoms with Crippen LogP contribution >= 0.6 is 0 Å². The first-order valence-electron chi connectivity index (χ1n) is 5.25. The van der Waals surface area contributed by atoms with E-state index < -0.39 is 0 Å². The molecule has 0 fully saturated rings. The highest BCUT2D eigenvalue weighted by molar-refractivity contribution is 5.69. The molecule has 0 heterocycles. The van der Waals surface area contributed by atoms with Gasteiger partial charge in [0.1, 0.15) is 6.29 Å². The summed E-state index contributed by atoms with van der Waals surface area (Å²) < 4.78 is 4.54. The lowest BCUT2D eigenvalue weighted by molar-refractivity contribution is -0.140. The molecule has 0 bridgehead atoms. The molecule has 0 radical (unpaired) electrons. The van der Waals surface area contributed by atoms with Gasteiger partial charge in [0.05, 0.1) is 13.2 Å². The number of hydrogen-bond acceptors (Lipinski definition) is 4. The first-order chi connectivity index (χ1) is 7.02. The SMILES string of the molecule is COC(=O)CCCN(C)[C@H](C=O)C(C)C. The van der Waals surface area contributed by atoms with Crippen LogP contribution in [0.5, 0.6) is 0 Å². The standard InChI is InChI=1S/C11H21NO3/c1-9(2)10(8-13)12(3)7-5-6-11(14)15-4/h8-10H,5-7H2,1-4H3/t10-/m1/s1. The summed E-state index contributed by atoms with van der Waals surface area (Å²) in [6.45, 7) is 4.75. The number of hydrogen-bond donors (Lipinski definition) is 0. The largest absolute Gasteiger partial charge is 0.469 e. The fourth-order valence-electron chi connectivity index (χ4n) is 1.49. The number of carbonyl (C=O) groups excluding carboxylic acids is 2. The number of carbonyl (C=O) groups is 2. The molecule has 0 aliphatic heterocycles. The fourth-order valence-corrected chi connectivity index (χ4v) is 1.49. The van der Waals surface area contributed by atoms with Crippen molar-refractivity contribution >= 4 is 12.3 Å². The predicted octanol–water partition coefficient (Wildman–Crippen LogP) is 1.09. The van der Waals surface area contributed by atoms with E-state index in [0.29, 0.717) is 12.3 Å². The molecule has 0 aliphatic carbocycles. The van der Waals surface area contributed by atoms with Gasteiger partial charge in [-0.05, 0) is 25.9 Å². The first-order valence-corrected chi connectivity index (χ1v) is 5.25. The van der Waals surface area contributed by atoms with Crippen LogP contribution in [0.1, 0.15) is 26.7 Å². The Balaban J connectivity index is 3.86. The summed E-state index contributed by atoms with van der Waals surface area (Å²) in [5, 5.41) is 0. The molecule has 88 valence electrons. The molecule has 0 N–H and O–H groups in total. The molecule has 0 spiro atoms. The summed E-state index contributed by atoms with van der Waals surface area (Å²) in [4.78, 5) is 23.6. The van der Waals surface area contributed by atoms with Crippen LogP contribution in [0.2, 0.25) is 0 Å². The third-order valence-electron chi connectivity index (χ3n) is 2.45. The van der Waals surface area contributed by atoms with Crippen LogP contribution < -0.4 is 0 Å². The van der Waals surface area contributed by atoms with E-state index in [-0.39, 0.29) is 12.0 Å². The number of esters is 1. The molecule has 0 aromatic rings. The molecule has 0 aliphatic rings. The lowest BCUT2D eigenvalue weighted by atomic mass is 10.0. The van der Waals surface area contributed by atoms with Crippen LogP contribution in [0.4, 0.5) is 0 Å². The average Bonchev–Trinajstić information content (AvgIpc) is 2.17. The number of methoxy groups -OCH3 is 1. The summed E-state index contributed by atoms with van der Waals surface area (Å²) in [6, 6.07) is -0.0670. The normalized spacial score (nSPS) is 12.9. The zero-order valence-corrected chi connectivity index (χ0v) is 10.0. The number of nitrogens with zero attached hydrogens (tertiary/aromatic N) is 1. The molecule has 0 aromatic carbocycles. The van der Waals surface area contributed by atoms with E-state index in [1.807, 2.05) is 25.8 Å². The van der Waals surface area contributed by atoms with E-state index in [4.69, 9.17) is 0 Å². The van der Waals surface area contributed by atoms with Crippen molar-refractivity contribution in [3.8, 4) is 0 Å². The molecule has 0 unspecified atom stereocenters. The summed E-state index contributed by atoms with van der Waals surface area (Å²) in [6.07, 6.45) is 2.09. The molecule has 4 heteroatoms. The van der Waals surface area contributed by atoms with E-state index in [2.05, 4.69) is 4.74 Å². The van der Waals surface area contributed by atoms with Crippen LogP contribution in [-0.4, -0.2) is 43.9 Å². The van der Waals surface area contributed by atoms with E-state index in [1.54, 1.807) is 0 Å². The van der Waals surface area contributed by atoms with Crippen LogP contribution in [0.25, 0.3) is 0 Å². The van der Waals surface area contributed by atoms with Crippen molar-refractivity contribution in [1.29, 1.82) is 0 Å². The third kappa shape index (κ3) is 5.52. The van der Waals surface area contributed by atoms with Gasteiger partial charge in [0.15, 0.2) is 0 Å². The van der Waals surface area contributed by atoms with Gasteiger partial charge in [0.2, 0.25) is 0 Å². The number of aldehydes is 1. The molecule has 1 atom stereocenters. The second kappa shape index (κ2) is 7.40. The Morgan fingerprint density at radius 2 is 2.07 bits per heavy atom. The Morgan fingerprint density at radius 1 is 1.47 bits per heavy atom. The third-order valence-corrected chi connectivity index (χ3v) is 2.45. The fraction of sp³-hybridized carbons (Fsp3) is 0.818. The monoisotopic (exact) mass is 215 g/mol. The van der Waals surface area contributed by atoms with Crippen molar-refractivity contribution in [2.24, 2.45) is 5.92 Å². The zero-order valence-electron chi connectivity index (χ0n) is 10.0. The van der Waals surface area contributed by atoms with E-state index in [9.17, 15) is 9.59 Å². The summed E-state index contributed by atoms with van der Waals surface area (Å²) >= 11 is 0. The molecule has 0 saturated heterocycles. The Morgan fingerprint density at radius 3 is 2.47 bits per heavy atom. The molecular formula is C11H21NO3. The van der Waals surface area contributed by atoms with Gasteiger partial charge < -0.3 is 9.53 Å². The van der Waals surface area contributed by atoms with Crippen LogP contribution in [0, 0.1) is 5.92 Å². The Bertz CT molecular complexity index is 204. The minimum Gasteiger partial charge on any atom is -0.469 e.